The van der Waals surface area contributed by atoms with Crippen LogP contribution in [0.1, 0.15) is 10.4 Å². The lowest BCUT2D eigenvalue weighted by molar-refractivity contribution is 0.470. The van der Waals surface area contributed by atoms with Gasteiger partial charge in [0.15, 0.2) is 0 Å². The molecule has 0 unspecified atom stereocenters. The van der Waals surface area contributed by atoms with Crippen molar-refractivity contribution in [2.24, 2.45) is 14.1 Å². The summed E-state index contributed by atoms with van der Waals surface area (Å²) in [6.45, 7) is 4.33. The first kappa shape index (κ1) is 15.4. The predicted octanol–water partition coefficient (Wildman–Crippen LogP) is 4.59. The first-order chi connectivity index (χ1) is 11.5. The van der Waals surface area contributed by atoms with E-state index in [4.69, 9.17) is 16.7 Å². The highest BCUT2D eigenvalue weighted by Gasteiger charge is 2.19. The van der Waals surface area contributed by atoms with Crippen LogP contribution in [0, 0.1) is 13.8 Å². The molecule has 0 radical (unpaired) electrons. The largest absolute Gasteiger partial charge is 0.280 e. The van der Waals surface area contributed by atoms with Gasteiger partial charge in [0.25, 0.3) is 0 Å². The number of aromatic nitrogens is 5. The van der Waals surface area contributed by atoms with Crippen LogP contribution in [0.4, 0.5) is 0 Å². The normalized spacial score (nSPS) is 11.5. The van der Waals surface area contributed by atoms with Crippen molar-refractivity contribution >= 4 is 33.0 Å². The Kier molecular flexibility index (Phi) is 3.47. The minimum Gasteiger partial charge on any atom is -0.280 e. The van der Waals surface area contributed by atoms with Gasteiger partial charge in [-0.25, -0.2) is 5.21 Å². The van der Waals surface area contributed by atoms with E-state index < -0.39 is 0 Å². The van der Waals surface area contributed by atoms with Crippen LogP contribution < -0.4 is 0 Å². The molecule has 3 heterocycles. The molecule has 4 rings (SSSR count). The second-order valence-electron chi connectivity index (χ2n) is 5.97. The number of aromatic amines is 1. The molecular weight excluding hydrogens is 342 g/mol. The highest BCUT2D eigenvalue weighted by atomic mass is 35.5. The number of aryl methyl sites for hydroxylation is 4. The lowest BCUT2D eigenvalue weighted by Crippen LogP contribution is -2.13. The van der Waals surface area contributed by atoms with E-state index in [9.17, 15) is 0 Å². The third-order valence-corrected chi connectivity index (χ3v) is 5.78. The Bertz CT molecular complexity index is 1060. The maximum atomic E-state index is 6.06. The second-order valence-corrected chi connectivity index (χ2v) is 7.63. The summed E-state index contributed by atoms with van der Waals surface area (Å²) in [5.41, 5.74) is 4.40. The molecule has 5 nitrogen and oxygen atoms in total. The van der Waals surface area contributed by atoms with Crippen molar-refractivity contribution in [3.63, 3.8) is 0 Å². The number of hydrogen-bond donors (Lipinski definition) is 1. The quantitative estimate of drug-likeness (QED) is 0.530. The van der Waals surface area contributed by atoms with Crippen LogP contribution in [0.25, 0.3) is 27.0 Å². The van der Waals surface area contributed by atoms with Gasteiger partial charge >= 0.3 is 0 Å². The van der Waals surface area contributed by atoms with Crippen molar-refractivity contribution < 1.29 is 0 Å². The van der Waals surface area contributed by atoms with E-state index >= 15 is 0 Å². The second kappa shape index (κ2) is 5.43. The molecule has 0 amide bonds. The van der Waals surface area contributed by atoms with Gasteiger partial charge in [-0.2, -0.15) is 14.7 Å². The number of fused-ring (bicyclic) bond motifs is 3. The van der Waals surface area contributed by atoms with Gasteiger partial charge in [-0.3, -0.25) is 4.68 Å². The Balaban J connectivity index is 2.21. The Hall–Kier alpha value is -2.18. The standard InChI is InChI=1S/C17H18ClN5S/c1-10-11(2)24-17-14-9-21(3)20-23(14)22(4)19-16(15(10)17)12-5-7-13(18)8-6-12/h5-9,20H,1-4H3. The summed E-state index contributed by atoms with van der Waals surface area (Å²) in [7, 11) is 3.92. The number of thiophene rings is 1. The van der Waals surface area contributed by atoms with Crippen molar-refractivity contribution in [1.29, 1.82) is 0 Å². The van der Waals surface area contributed by atoms with Crippen LogP contribution in [-0.4, -0.2) is 24.6 Å². The summed E-state index contributed by atoms with van der Waals surface area (Å²) in [5.74, 6) is 0. The predicted molar refractivity (Wildman–Crippen MR) is 100.0 cm³/mol. The molecule has 124 valence electrons. The summed E-state index contributed by atoms with van der Waals surface area (Å²) in [5, 5.41) is 10.1. The average molecular weight is 360 g/mol. The fraction of sp³-hybridized carbons (Fsp3) is 0.235. The van der Waals surface area contributed by atoms with Gasteiger partial charge in [0, 0.05) is 34.9 Å². The Labute approximate surface area is 148 Å². The fourth-order valence-corrected chi connectivity index (χ4v) is 4.27. The van der Waals surface area contributed by atoms with Crippen molar-refractivity contribution in [3.8, 4) is 16.9 Å². The number of halogens is 1. The maximum Gasteiger partial charge on any atom is 0.120 e. The monoisotopic (exact) mass is 359 g/mol. The molecule has 0 saturated carbocycles. The molecule has 1 aromatic carbocycles. The Morgan fingerprint density at radius 3 is 2.54 bits per heavy atom. The average Bonchev–Trinajstić information content (AvgIpc) is 3.04. The number of benzene rings is 1. The minimum atomic E-state index is 0.728. The third kappa shape index (κ3) is 2.25. The van der Waals surface area contributed by atoms with Gasteiger partial charge in [0.05, 0.1) is 10.9 Å². The number of hydrogen-bond acceptors (Lipinski definition) is 2. The number of rotatable bonds is 1. The van der Waals surface area contributed by atoms with Gasteiger partial charge < -0.3 is 0 Å². The Morgan fingerprint density at radius 2 is 1.83 bits per heavy atom. The van der Waals surface area contributed by atoms with Crippen molar-refractivity contribution in [2.75, 3.05) is 0 Å². The molecule has 0 fully saturated rings. The van der Waals surface area contributed by atoms with Crippen molar-refractivity contribution in [3.05, 3.63) is 45.9 Å². The first-order valence-electron chi connectivity index (χ1n) is 7.65. The van der Waals surface area contributed by atoms with E-state index in [0.717, 1.165) is 22.0 Å². The van der Waals surface area contributed by atoms with Crippen LogP contribution in [-0.2, 0) is 14.1 Å². The molecule has 0 saturated heterocycles. The molecular formula is C17H18ClN5S. The molecule has 0 bridgehead atoms. The van der Waals surface area contributed by atoms with Crippen LogP contribution in [0.2, 0.25) is 5.02 Å². The van der Waals surface area contributed by atoms with Crippen LogP contribution in [0.3, 0.4) is 0 Å². The van der Waals surface area contributed by atoms with E-state index in [0.29, 0.717) is 0 Å². The van der Waals surface area contributed by atoms with Crippen LogP contribution in [0.15, 0.2) is 30.5 Å². The highest BCUT2D eigenvalue weighted by Crippen LogP contribution is 2.38. The molecule has 1 aromatic heterocycles. The van der Waals surface area contributed by atoms with Crippen molar-refractivity contribution in [2.45, 2.75) is 13.8 Å². The summed E-state index contributed by atoms with van der Waals surface area (Å²) in [6.07, 6.45) is 2.09. The number of nitrogens with zero attached hydrogens (tertiary/aromatic N) is 4. The first-order valence-corrected chi connectivity index (χ1v) is 8.85. The zero-order valence-electron chi connectivity index (χ0n) is 14.0. The van der Waals surface area contributed by atoms with E-state index in [-0.39, 0.29) is 0 Å². The lowest BCUT2D eigenvalue weighted by atomic mass is 10.1. The maximum absolute atomic E-state index is 6.06. The van der Waals surface area contributed by atoms with Gasteiger partial charge in [0.2, 0.25) is 0 Å². The van der Waals surface area contributed by atoms with Crippen LogP contribution >= 0.6 is 22.9 Å². The molecule has 0 atom stereocenters. The molecule has 7 heteroatoms. The Morgan fingerprint density at radius 1 is 1.12 bits per heavy atom. The minimum absolute atomic E-state index is 0.728. The van der Waals surface area contributed by atoms with Gasteiger partial charge in [0.1, 0.15) is 11.4 Å². The van der Waals surface area contributed by atoms with Crippen molar-refractivity contribution in [1.82, 2.24) is 24.6 Å². The zero-order valence-corrected chi connectivity index (χ0v) is 15.5. The van der Waals surface area contributed by atoms with E-state index in [1.165, 1.54) is 20.5 Å². The van der Waals surface area contributed by atoms with Gasteiger partial charge in [-0.1, -0.05) is 23.7 Å². The lowest BCUT2D eigenvalue weighted by Gasteiger charge is -2.05. The fourth-order valence-electron chi connectivity index (χ4n) is 2.99. The van der Waals surface area contributed by atoms with Crippen LogP contribution in [0.5, 0.6) is 0 Å². The highest BCUT2D eigenvalue weighted by molar-refractivity contribution is 7.19. The number of nitrogens with one attached hydrogen (secondary N) is 1. The van der Waals surface area contributed by atoms with E-state index in [2.05, 4.69) is 25.3 Å². The summed E-state index contributed by atoms with van der Waals surface area (Å²) in [6, 6.07) is 7.86. The summed E-state index contributed by atoms with van der Waals surface area (Å²) in [4.78, 5) is 5.10. The molecule has 0 aliphatic carbocycles. The van der Waals surface area contributed by atoms with E-state index in [1.54, 1.807) is 11.3 Å². The molecule has 0 spiro atoms. The SMILES string of the molecule is Cc1sc2c3cn(C)[nH]n-3n(C)nc(-c3ccc(Cl)cc3)c2c1C. The summed E-state index contributed by atoms with van der Waals surface area (Å²) < 4.78 is 3.16. The smallest absolute Gasteiger partial charge is 0.120 e. The molecule has 2 aromatic rings. The molecule has 1 N–H and O–H groups in total. The zero-order chi connectivity index (χ0) is 17.0. The van der Waals surface area contributed by atoms with Gasteiger partial charge in [-0.05, 0) is 31.5 Å². The molecule has 2 aliphatic rings. The van der Waals surface area contributed by atoms with Gasteiger partial charge in [-0.15, -0.1) is 11.3 Å². The molecule has 2 aliphatic heterocycles. The topological polar surface area (TPSA) is 43.5 Å². The molecule has 24 heavy (non-hydrogen) atoms. The number of H-pyrrole nitrogens is 1. The summed E-state index contributed by atoms with van der Waals surface area (Å²) >= 11 is 7.86. The third-order valence-electron chi connectivity index (χ3n) is 4.30. The van der Waals surface area contributed by atoms with E-state index in [1.807, 2.05) is 52.6 Å².